The molecule has 0 radical (unpaired) electrons. The van der Waals surface area contributed by atoms with Crippen molar-refractivity contribution in [3.63, 3.8) is 0 Å². The Labute approximate surface area is 144 Å². The van der Waals surface area contributed by atoms with E-state index in [1.165, 1.54) is 19.1 Å². The minimum Gasteiger partial charge on any atom is -0.449 e. The molecule has 0 unspecified atom stereocenters. The predicted molar refractivity (Wildman–Crippen MR) is 90.8 cm³/mol. The number of carbonyl (C=O) groups excluding carboxylic acids is 2. The number of rotatable bonds is 4. The van der Waals surface area contributed by atoms with Crippen LogP contribution in [0.2, 0.25) is 5.02 Å². The summed E-state index contributed by atoms with van der Waals surface area (Å²) < 4.78 is 18.2. The molecule has 24 heavy (non-hydrogen) atoms. The van der Waals surface area contributed by atoms with E-state index >= 15 is 0 Å². The molecule has 1 atom stereocenters. The highest BCUT2D eigenvalue weighted by Gasteiger charge is 2.20. The Morgan fingerprint density at radius 3 is 2.33 bits per heavy atom. The highest BCUT2D eigenvalue weighted by Crippen LogP contribution is 2.22. The molecule has 0 spiro atoms. The molecule has 0 aliphatic carbocycles. The maximum Gasteiger partial charge on any atom is 0.338 e. The first kappa shape index (κ1) is 17.9. The van der Waals surface area contributed by atoms with Gasteiger partial charge in [0.25, 0.3) is 5.91 Å². The molecule has 1 amide bonds. The number of nitrogens with one attached hydrogen (secondary N) is 1. The number of ether oxygens (including phenoxy) is 1. The smallest absolute Gasteiger partial charge is 0.338 e. The molecule has 0 bridgehead atoms. The Kier molecular flexibility index (Phi) is 5.57. The lowest BCUT2D eigenvalue weighted by molar-refractivity contribution is -0.123. The van der Waals surface area contributed by atoms with Crippen LogP contribution in [0.3, 0.4) is 0 Å². The summed E-state index contributed by atoms with van der Waals surface area (Å²) in [6.45, 7) is 5.19. The second-order valence-electron chi connectivity index (χ2n) is 5.54. The maximum atomic E-state index is 13.0. The van der Waals surface area contributed by atoms with E-state index in [0.717, 1.165) is 17.2 Å². The zero-order valence-electron chi connectivity index (χ0n) is 13.5. The summed E-state index contributed by atoms with van der Waals surface area (Å²) in [6, 6.07) is 8.92. The number of aryl methyl sites for hydroxylation is 2. The lowest BCUT2D eigenvalue weighted by Crippen LogP contribution is -2.30. The minimum absolute atomic E-state index is 0.0659. The molecule has 0 aromatic heterocycles. The fourth-order valence-electron chi connectivity index (χ4n) is 2.20. The SMILES string of the molecule is Cc1cc(C)cc(C(=O)O[C@@H](C)C(=O)Nc2ccc(F)cc2Cl)c1. The van der Waals surface area contributed by atoms with Gasteiger partial charge < -0.3 is 10.1 Å². The van der Waals surface area contributed by atoms with Crippen molar-refractivity contribution >= 4 is 29.2 Å². The Hall–Kier alpha value is -2.40. The van der Waals surface area contributed by atoms with E-state index in [4.69, 9.17) is 16.3 Å². The van der Waals surface area contributed by atoms with Gasteiger partial charge in [0.15, 0.2) is 6.10 Å². The van der Waals surface area contributed by atoms with E-state index in [1.807, 2.05) is 19.9 Å². The second kappa shape index (κ2) is 7.45. The number of halogens is 2. The summed E-state index contributed by atoms with van der Waals surface area (Å²) in [7, 11) is 0. The topological polar surface area (TPSA) is 55.4 Å². The van der Waals surface area contributed by atoms with Crippen molar-refractivity contribution in [2.45, 2.75) is 26.9 Å². The number of carbonyl (C=O) groups is 2. The molecule has 4 nitrogen and oxygen atoms in total. The fourth-order valence-corrected chi connectivity index (χ4v) is 2.41. The maximum absolute atomic E-state index is 13.0. The van der Waals surface area contributed by atoms with Crippen LogP contribution in [0, 0.1) is 19.7 Å². The van der Waals surface area contributed by atoms with E-state index in [0.29, 0.717) is 5.56 Å². The summed E-state index contributed by atoms with van der Waals surface area (Å²) in [5.74, 6) is -1.65. The molecule has 1 N–H and O–H groups in total. The van der Waals surface area contributed by atoms with Gasteiger partial charge in [0.2, 0.25) is 0 Å². The zero-order valence-corrected chi connectivity index (χ0v) is 14.3. The number of benzene rings is 2. The lowest BCUT2D eigenvalue weighted by atomic mass is 10.1. The first-order valence-electron chi connectivity index (χ1n) is 7.31. The van der Waals surface area contributed by atoms with E-state index in [9.17, 15) is 14.0 Å². The Balaban J connectivity index is 2.04. The predicted octanol–water partition coefficient (Wildman–Crippen LogP) is 4.28. The summed E-state index contributed by atoms with van der Waals surface area (Å²) in [6.07, 6.45) is -1.03. The van der Waals surface area contributed by atoms with Crippen LogP contribution in [0.25, 0.3) is 0 Å². The van der Waals surface area contributed by atoms with Crippen molar-refractivity contribution in [3.8, 4) is 0 Å². The van der Waals surface area contributed by atoms with Crippen molar-refractivity contribution in [2.75, 3.05) is 5.32 Å². The molecule has 6 heteroatoms. The summed E-state index contributed by atoms with van der Waals surface area (Å²) in [4.78, 5) is 24.3. The van der Waals surface area contributed by atoms with Gasteiger partial charge in [-0.15, -0.1) is 0 Å². The van der Waals surface area contributed by atoms with Crippen LogP contribution in [0.1, 0.15) is 28.4 Å². The molecule has 0 aliphatic rings. The quantitative estimate of drug-likeness (QED) is 0.838. The number of hydrogen-bond acceptors (Lipinski definition) is 3. The van der Waals surface area contributed by atoms with Crippen molar-refractivity contribution in [1.29, 1.82) is 0 Å². The van der Waals surface area contributed by atoms with Crippen molar-refractivity contribution in [1.82, 2.24) is 0 Å². The lowest BCUT2D eigenvalue weighted by Gasteiger charge is -2.14. The Morgan fingerprint density at radius 2 is 1.75 bits per heavy atom. The average molecular weight is 350 g/mol. The molecule has 0 fully saturated rings. The third kappa shape index (κ3) is 4.55. The van der Waals surface area contributed by atoms with Crippen molar-refractivity contribution in [2.24, 2.45) is 0 Å². The Morgan fingerprint density at radius 1 is 1.12 bits per heavy atom. The van der Waals surface area contributed by atoms with E-state index in [1.54, 1.807) is 12.1 Å². The molecular weight excluding hydrogens is 333 g/mol. The summed E-state index contributed by atoms with van der Waals surface area (Å²) in [5, 5.41) is 2.57. The molecule has 0 heterocycles. The number of anilines is 1. The fraction of sp³-hybridized carbons (Fsp3) is 0.222. The van der Waals surface area contributed by atoms with Gasteiger partial charge in [-0.1, -0.05) is 28.8 Å². The van der Waals surface area contributed by atoms with Crippen LogP contribution >= 0.6 is 11.6 Å². The number of esters is 1. The van der Waals surface area contributed by atoms with Crippen LogP contribution < -0.4 is 5.32 Å². The third-order valence-corrected chi connectivity index (χ3v) is 3.61. The van der Waals surface area contributed by atoms with Gasteiger partial charge in [-0.05, 0) is 51.1 Å². The van der Waals surface area contributed by atoms with Crippen LogP contribution in [0.4, 0.5) is 10.1 Å². The number of hydrogen-bond donors (Lipinski definition) is 1. The van der Waals surface area contributed by atoms with Crippen LogP contribution in [-0.2, 0) is 9.53 Å². The highest BCUT2D eigenvalue weighted by molar-refractivity contribution is 6.33. The van der Waals surface area contributed by atoms with E-state index < -0.39 is 23.8 Å². The average Bonchev–Trinajstić information content (AvgIpc) is 2.48. The third-order valence-electron chi connectivity index (χ3n) is 3.30. The molecule has 0 saturated carbocycles. The van der Waals surface area contributed by atoms with Crippen LogP contribution in [-0.4, -0.2) is 18.0 Å². The van der Waals surface area contributed by atoms with Gasteiger partial charge in [-0.25, -0.2) is 9.18 Å². The standard InChI is InChI=1S/C18H17ClFNO3/c1-10-6-11(2)8-13(7-10)18(23)24-12(3)17(22)21-16-5-4-14(20)9-15(16)19/h4-9,12H,1-3H3,(H,21,22)/t12-/m0/s1. The largest absolute Gasteiger partial charge is 0.449 e. The number of amides is 1. The van der Waals surface area contributed by atoms with Gasteiger partial charge >= 0.3 is 5.97 Å². The second-order valence-corrected chi connectivity index (χ2v) is 5.94. The monoisotopic (exact) mass is 349 g/mol. The van der Waals surface area contributed by atoms with Gasteiger partial charge in [-0.2, -0.15) is 0 Å². The van der Waals surface area contributed by atoms with Gasteiger partial charge in [0, 0.05) is 0 Å². The normalized spacial score (nSPS) is 11.7. The van der Waals surface area contributed by atoms with Crippen molar-refractivity contribution < 1.29 is 18.7 Å². The van der Waals surface area contributed by atoms with Gasteiger partial charge in [-0.3, -0.25) is 4.79 Å². The molecular formula is C18H17ClFNO3. The zero-order chi connectivity index (χ0) is 17.9. The molecule has 126 valence electrons. The summed E-state index contributed by atoms with van der Waals surface area (Å²) >= 11 is 5.85. The molecule has 2 aromatic carbocycles. The van der Waals surface area contributed by atoms with E-state index in [-0.39, 0.29) is 10.7 Å². The van der Waals surface area contributed by atoms with Crippen molar-refractivity contribution in [3.05, 3.63) is 63.9 Å². The van der Waals surface area contributed by atoms with Gasteiger partial charge in [0.1, 0.15) is 5.82 Å². The molecule has 0 aliphatic heterocycles. The first-order valence-corrected chi connectivity index (χ1v) is 7.69. The van der Waals surface area contributed by atoms with Crippen LogP contribution in [0.5, 0.6) is 0 Å². The van der Waals surface area contributed by atoms with Gasteiger partial charge in [0.05, 0.1) is 16.3 Å². The summed E-state index contributed by atoms with van der Waals surface area (Å²) in [5.41, 5.74) is 2.48. The minimum atomic E-state index is -1.03. The van der Waals surface area contributed by atoms with Crippen LogP contribution in [0.15, 0.2) is 36.4 Å². The Bertz CT molecular complexity index is 772. The first-order chi connectivity index (χ1) is 11.3. The molecule has 0 saturated heterocycles. The molecule has 2 aromatic rings. The van der Waals surface area contributed by atoms with E-state index in [2.05, 4.69) is 5.32 Å². The molecule has 2 rings (SSSR count). The highest BCUT2D eigenvalue weighted by atomic mass is 35.5.